The highest BCUT2D eigenvalue weighted by atomic mass is 32.1. The SMILES string of the molecule is COC(=O)c1nc([C@]2(C(=O)c3ccccc3-n3nccn3)CC[C@@H](C)NC2)sc1C. The predicted molar refractivity (Wildman–Crippen MR) is 112 cm³/mol. The van der Waals surface area contributed by atoms with Crippen molar-refractivity contribution in [2.24, 2.45) is 0 Å². The van der Waals surface area contributed by atoms with Crippen LogP contribution in [0.5, 0.6) is 0 Å². The number of ether oxygens (including phenoxy) is 1. The maximum absolute atomic E-state index is 14.0. The summed E-state index contributed by atoms with van der Waals surface area (Å²) in [6.07, 6.45) is 4.61. The van der Waals surface area contributed by atoms with Crippen LogP contribution in [0, 0.1) is 6.92 Å². The highest BCUT2D eigenvalue weighted by Gasteiger charge is 2.46. The van der Waals surface area contributed by atoms with Crippen LogP contribution in [-0.4, -0.2) is 51.4 Å². The molecule has 3 heterocycles. The lowest BCUT2D eigenvalue weighted by atomic mass is 9.73. The van der Waals surface area contributed by atoms with Crippen LogP contribution in [0.3, 0.4) is 0 Å². The van der Waals surface area contributed by atoms with Gasteiger partial charge < -0.3 is 10.1 Å². The van der Waals surface area contributed by atoms with Crippen molar-refractivity contribution in [2.75, 3.05) is 13.7 Å². The summed E-state index contributed by atoms with van der Waals surface area (Å²) in [5, 5.41) is 12.5. The predicted octanol–water partition coefficient (Wildman–Crippen LogP) is 2.71. The van der Waals surface area contributed by atoms with Crippen LogP contribution in [0.25, 0.3) is 5.69 Å². The fourth-order valence-electron chi connectivity index (χ4n) is 3.80. The molecule has 156 valence electrons. The average molecular weight is 426 g/mol. The largest absolute Gasteiger partial charge is 0.464 e. The maximum atomic E-state index is 14.0. The number of para-hydroxylation sites is 1. The minimum absolute atomic E-state index is 0.0556. The first kappa shape index (κ1) is 20.4. The van der Waals surface area contributed by atoms with Crippen LogP contribution in [0.4, 0.5) is 0 Å². The Morgan fingerprint density at radius 3 is 2.67 bits per heavy atom. The first-order chi connectivity index (χ1) is 14.5. The van der Waals surface area contributed by atoms with E-state index in [0.717, 1.165) is 11.3 Å². The number of aromatic nitrogens is 4. The zero-order valence-electron chi connectivity index (χ0n) is 17.1. The molecule has 1 saturated heterocycles. The van der Waals surface area contributed by atoms with Crippen molar-refractivity contribution >= 4 is 23.1 Å². The van der Waals surface area contributed by atoms with Crippen LogP contribution < -0.4 is 5.32 Å². The van der Waals surface area contributed by atoms with Gasteiger partial charge in [-0.1, -0.05) is 12.1 Å². The highest BCUT2D eigenvalue weighted by Crippen LogP contribution is 2.40. The lowest BCUT2D eigenvalue weighted by Crippen LogP contribution is -2.52. The Labute approximate surface area is 178 Å². The molecule has 1 N–H and O–H groups in total. The smallest absolute Gasteiger partial charge is 0.357 e. The van der Waals surface area contributed by atoms with Crippen molar-refractivity contribution in [3.8, 4) is 5.69 Å². The summed E-state index contributed by atoms with van der Waals surface area (Å²) in [4.78, 5) is 33.0. The molecule has 0 saturated carbocycles. The number of nitrogens with one attached hydrogen (secondary N) is 1. The molecule has 2 aromatic heterocycles. The number of carbonyl (C=O) groups excluding carboxylic acids is 2. The third-order valence-electron chi connectivity index (χ3n) is 5.56. The number of methoxy groups -OCH3 is 1. The van der Waals surface area contributed by atoms with Gasteiger partial charge in [0, 0.05) is 23.0 Å². The van der Waals surface area contributed by atoms with Crippen LogP contribution >= 0.6 is 11.3 Å². The summed E-state index contributed by atoms with van der Waals surface area (Å²) < 4.78 is 4.87. The Kier molecular flexibility index (Phi) is 5.48. The van der Waals surface area contributed by atoms with Gasteiger partial charge >= 0.3 is 5.97 Å². The lowest BCUT2D eigenvalue weighted by molar-refractivity contribution is 0.0592. The monoisotopic (exact) mass is 425 g/mol. The van der Waals surface area contributed by atoms with E-state index < -0.39 is 11.4 Å². The van der Waals surface area contributed by atoms with Gasteiger partial charge in [0.05, 0.1) is 30.6 Å². The standard InChI is InChI=1S/C21H23N5O3S/c1-13-8-9-21(12-22-13,20-25-17(14(2)30-20)19(28)29-3)18(27)15-6-4-5-7-16(15)26-23-10-11-24-26/h4-7,10-11,13,22H,8-9,12H2,1-3H3/t13-,21-/m1/s1. The molecule has 0 unspecified atom stereocenters. The highest BCUT2D eigenvalue weighted by molar-refractivity contribution is 7.12. The molecule has 0 aliphatic carbocycles. The summed E-state index contributed by atoms with van der Waals surface area (Å²) in [6.45, 7) is 4.37. The van der Waals surface area contributed by atoms with E-state index in [2.05, 4.69) is 27.4 Å². The van der Waals surface area contributed by atoms with E-state index in [9.17, 15) is 9.59 Å². The summed E-state index contributed by atoms with van der Waals surface area (Å²) in [5.41, 5.74) is 0.534. The average Bonchev–Trinajstić information content (AvgIpc) is 3.44. The maximum Gasteiger partial charge on any atom is 0.357 e. The lowest BCUT2D eigenvalue weighted by Gasteiger charge is -2.37. The van der Waals surface area contributed by atoms with Crippen LogP contribution in [0.15, 0.2) is 36.7 Å². The van der Waals surface area contributed by atoms with Crippen molar-refractivity contribution in [1.82, 2.24) is 25.3 Å². The van der Waals surface area contributed by atoms with Crippen LogP contribution in [0.1, 0.15) is 50.5 Å². The number of rotatable bonds is 5. The third kappa shape index (κ3) is 3.44. The van der Waals surface area contributed by atoms with Gasteiger partial charge in [-0.05, 0) is 38.8 Å². The Morgan fingerprint density at radius 2 is 2.00 bits per heavy atom. The van der Waals surface area contributed by atoms with Crippen LogP contribution in [0.2, 0.25) is 0 Å². The molecule has 30 heavy (non-hydrogen) atoms. The summed E-state index contributed by atoms with van der Waals surface area (Å²) >= 11 is 1.38. The Hall–Kier alpha value is -2.91. The van der Waals surface area contributed by atoms with Gasteiger partial charge in [-0.2, -0.15) is 15.0 Å². The van der Waals surface area contributed by atoms with Crippen molar-refractivity contribution in [1.29, 1.82) is 0 Å². The summed E-state index contributed by atoms with van der Waals surface area (Å²) in [6, 6.07) is 7.61. The topological polar surface area (TPSA) is 99.0 Å². The number of nitrogens with zero attached hydrogens (tertiary/aromatic N) is 4. The number of carbonyl (C=O) groups is 2. The van der Waals surface area contributed by atoms with E-state index in [1.54, 1.807) is 18.5 Å². The van der Waals surface area contributed by atoms with Crippen molar-refractivity contribution in [3.63, 3.8) is 0 Å². The fraction of sp³-hybridized carbons (Fsp3) is 0.381. The number of piperidine rings is 1. The molecule has 4 rings (SSSR count). The first-order valence-electron chi connectivity index (χ1n) is 9.76. The number of ketones is 1. The zero-order chi connectivity index (χ0) is 21.3. The van der Waals surface area contributed by atoms with E-state index in [1.807, 2.05) is 25.1 Å². The van der Waals surface area contributed by atoms with E-state index in [1.165, 1.54) is 23.2 Å². The molecule has 0 amide bonds. The molecule has 0 bridgehead atoms. The van der Waals surface area contributed by atoms with Gasteiger partial charge in [0.25, 0.3) is 0 Å². The number of hydrogen-bond acceptors (Lipinski definition) is 8. The van der Waals surface area contributed by atoms with Gasteiger partial charge in [-0.15, -0.1) is 11.3 Å². The molecule has 1 fully saturated rings. The minimum Gasteiger partial charge on any atom is -0.464 e. The van der Waals surface area contributed by atoms with E-state index in [-0.39, 0.29) is 11.5 Å². The number of hydrogen-bond donors (Lipinski definition) is 1. The second kappa shape index (κ2) is 8.08. The molecule has 1 aliphatic rings. The second-order valence-electron chi connectivity index (χ2n) is 7.48. The zero-order valence-corrected chi connectivity index (χ0v) is 17.9. The minimum atomic E-state index is -0.878. The summed E-state index contributed by atoms with van der Waals surface area (Å²) in [5.74, 6) is -0.546. The molecule has 1 aromatic carbocycles. The molecule has 2 atom stereocenters. The Balaban J connectivity index is 1.83. The Morgan fingerprint density at radius 1 is 1.27 bits per heavy atom. The third-order valence-corrected chi connectivity index (χ3v) is 6.73. The van der Waals surface area contributed by atoms with E-state index >= 15 is 0 Å². The van der Waals surface area contributed by atoms with Crippen molar-refractivity contribution < 1.29 is 14.3 Å². The normalized spacial score (nSPS) is 21.4. The molecule has 3 aromatic rings. The number of esters is 1. The van der Waals surface area contributed by atoms with Crippen molar-refractivity contribution in [2.45, 2.75) is 38.1 Å². The van der Waals surface area contributed by atoms with Crippen LogP contribution in [-0.2, 0) is 10.2 Å². The molecule has 1 aliphatic heterocycles. The fourth-order valence-corrected chi connectivity index (χ4v) is 4.92. The quantitative estimate of drug-likeness (QED) is 0.496. The number of aryl methyl sites for hydroxylation is 1. The van der Waals surface area contributed by atoms with Gasteiger partial charge in [0.15, 0.2) is 11.5 Å². The van der Waals surface area contributed by atoms with E-state index in [4.69, 9.17) is 4.74 Å². The molecule has 9 heteroatoms. The summed E-state index contributed by atoms with van der Waals surface area (Å²) in [7, 11) is 1.33. The number of benzene rings is 1. The molecule has 0 radical (unpaired) electrons. The van der Waals surface area contributed by atoms with Gasteiger partial charge in [-0.25, -0.2) is 9.78 Å². The van der Waals surface area contributed by atoms with Gasteiger partial charge in [0.1, 0.15) is 5.01 Å². The molecular weight excluding hydrogens is 402 g/mol. The first-order valence-corrected chi connectivity index (χ1v) is 10.6. The molecule has 8 nitrogen and oxygen atoms in total. The van der Waals surface area contributed by atoms with E-state index in [0.29, 0.717) is 35.3 Å². The Bertz CT molecular complexity index is 1070. The van der Waals surface area contributed by atoms with Crippen molar-refractivity contribution in [3.05, 3.63) is 57.8 Å². The number of Topliss-reactive ketones (excluding diaryl/α,β-unsaturated/α-hetero) is 1. The molecule has 0 spiro atoms. The second-order valence-corrected chi connectivity index (χ2v) is 8.69. The number of thiazole rings is 1. The molecular formula is C21H23N5O3S. The van der Waals surface area contributed by atoms with Gasteiger partial charge in [0.2, 0.25) is 0 Å². The van der Waals surface area contributed by atoms with Gasteiger partial charge in [-0.3, -0.25) is 4.79 Å².